The van der Waals surface area contributed by atoms with Crippen molar-refractivity contribution in [3.8, 4) is 0 Å². The van der Waals surface area contributed by atoms with Crippen molar-refractivity contribution >= 4 is 17.0 Å². The quantitative estimate of drug-likeness (QED) is 0.773. The molecule has 0 amide bonds. The summed E-state index contributed by atoms with van der Waals surface area (Å²) in [5.74, 6) is 0.648. The van der Waals surface area contributed by atoms with Crippen LogP contribution in [0.4, 0.5) is 5.95 Å². The maximum atomic E-state index is 4.34. The van der Waals surface area contributed by atoms with E-state index in [2.05, 4.69) is 39.4 Å². The lowest BCUT2D eigenvalue weighted by atomic mass is 10.4. The molecule has 0 saturated heterocycles. The van der Waals surface area contributed by atoms with Crippen molar-refractivity contribution in [3.05, 3.63) is 12.4 Å². The lowest BCUT2D eigenvalue weighted by molar-refractivity contribution is 0.405. The predicted octanol–water partition coefficient (Wildman–Crippen LogP) is 0.727. The second-order valence-corrected chi connectivity index (χ2v) is 4.36. The van der Waals surface area contributed by atoms with Crippen LogP contribution < -0.4 is 5.32 Å². The smallest absolute Gasteiger partial charge is 0.224 e. The van der Waals surface area contributed by atoms with Gasteiger partial charge in [-0.3, -0.25) is 4.68 Å². The molecule has 2 aromatic rings. The van der Waals surface area contributed by atoms with Gasteiger partial charge in [0.2, 0.25) is 5.95 Å². The number of aryl methyl sites for hydroxylation is 1. The van der Waals surface area contributed by atoms with Crippen LogP contribution in [0.2, 0.25) is 0 Å². The fraction of sp³-hybridized carbons (Fsp3) is 0.545. The topological polar surface area (TPSA) is 58.9 Å². The Hall–Kier alpha value is -1.69. The monoisotopic (exact) mass is 234 g/mol. The maximum absolute atomic E-state index is 4.34. The zero-order valence-electron chi connectivity index (χ0n) is 10.5. The van der Waals surface area contributed by atoms with Gasteiger partial charge in [-0.05, 0) is 27.1 Å². The fourth-order valence-corrected chi connectivity index (χ4v) is 1.61. The molecule has 0 saturated carbocycles. The van der Waals surface area contributed by atoms with Gasteiger partial charge in [-0.15, -0.1) is 0 Å². The molecular weight excluding hydrogens is 216 g/mol. The summed E-state index contributed by atoms with van der Waals surface area (Å²) in [5.41, 5.74) is 0.734. The minimum absolute atomic E-state index is 0.648. The number of aromatic nitrogens is 4. The summed E-state index contributed by atoms with van der Waals surface area (Å²) in [6, 6.07) is 0. The number of anilines is 1. The van der Waals surface area contributed by atoms with Gasteiger partial charge in [0, 0.05) is 26.0 Å². The van der Waals surface area contributed by atoms with E-state index < -0.39 is 0 Å². The van der Waals surface area contributed by atoms with Gasteiger partial charge < -0.3 is 10.2 Å². The molecule has 0 aromatic carbocycles. The van der Waals surface area contributed by atoms with Crippen LogP contribution in [-0.2, 0) is 7.05 Å². The van der Waals surface area contributed by atoms with E-state index in [0.717, 1.165) is 30.5 Å². The van der Waals surface area contributed by atoms with E-state index in [4.69, 9.17) is 0 Å². The van der Waals surface area contributed by atoms with Crippen molar-refractivity contribution < 1.29 is 0 Å². The van der Waals surface area contributed by atoms with Gasteiger partial charge in [0.05, 0.1) is 5.39 Å². The van der Waals surface area contributed by atoms with Crippen molar-refractivity contribution in [1.29, 1.82) is 0 Å². The van der Waals surface area contributed by atoms with Gasteiger partial charge in [-0.25, -0.2) is 4.98 Å². The summed E-state index contributed by atoms with van der Waals surface area (Å²) in [6.45, 7) is 1.93. The van der Waals surface area contributed by atoms with Gasteiger partial charge in [-0.2, -0.15) is 10.1 Å². The van der Waals surface area contributed by atoms with Crippen LogP contribution in [0.5, 0.6) is 0 Å². The van der Waals surface area contributed by atoms with Crippen LogP contribution in [-0.4, -0.2) is 51.8 Å². The maximum Gasteiger partial charge on any atom is 0.224 e. The van der Waals surface area contributed by atoms with Crippen LogP contribution in [0.15, 0.2) is 12.4 Å². The van der Waals surface area contributed by atoms with Crippen LogP contribution in [0.1, 0.15) is 6.42 Å². The molecule has 0 aliphatic heterocycles. The molecule has 17 heavy (non-hydrogen) atoms. The molecule has 2 rings (SSSR count). The van der Waals surface area contributed by atoms with Gasteiger partial charge >= 0.3 is 0 Å². The van der Waals surface area contributed by atoms with Gasteiger partial charge in [0.15, 0.2) is 5.65 Å². The molecule has 0 aliphatic rings. The third-order valence-electron chi connectivity index (χ3n) is 2.44. The Labute approximate surface area is 101 Å². The zero-order valence-corrected chi connectivity index (χ0v) is 10.5. The molecule has 1 N–H and O–H groups in total. The first-order valence-electron chi connectivity index (χ1n) is 5.70. The first-order valence-corrected chi connectivity index (χ1v) is 5.70. The van der Waals surface area contributed by atoms with Crippen LogP contribution in [0.25, 0.3) is 11.0 Å². The van der Waals surface area contributed by atoms with E-state index in [-0.39, 0.29) is 0 Å². The van der Waals surface area contributed by atoms with Crippen LogP contribution >= 0.6 is 0 Å². The molecule has 0 bridgehead atoms. The Morgan fingerprint density at radius 1 is 1.41 bits per heavy atom. The second-order valence-electron chi connectivity index (χ2n) is 4.36. The summed E-state index contributed by atoms with van der Waals surface area (Å²) in [5, 5.41) is 8.42. The van der Waals surface area contributed by atoms with E-state index in [1.165, 1.54) is 0 Å². The minimum atomic E-state index is 0.648. The third-order valence-corrected chi connectivity index (χ3v) is 2.44. The Kier molecular flexibility index (Phi) is 3.53. The Bertz CT molecular complexity index is 490. The van der Waals surface area contributed by atoms with Crippen molar-refractivity contribution in [2.24, 2.45) is 7.05 Å². The number of rotatable bonds is 5. The standard InChI is InChI=1S/C11H18N6/c1-16(2)6-4-5-12-11-13-7-9-8-17(3)15-10(9)14-11/h7-8H,4-6H2,1-3H3,(H,12,14,15). The van der Waals surface area contributed by atoms with Crippen molar-refractivity contribution in [2.75, 3.05) is 32.5 Å². The molecular formula is C11H18N6. The van der Waals surface area contributed by atoms with Gasteiger partial charge in [0.25, 0.3) is 0 Å². The first-order chi connectivity index (χ1) is 8.15. The average molecular weight is 234 g/mol. The lowest BCUT2D eigenvalue weighted by Gasteiger charge is -2.09. The summed E-state index contributed by atoms with van der Waals surface area (Å²) in [7, 11) is 6.01. The van der Waals surface area contributed by atoms with E-state index in [0.29, 0.717) is 5.95 Å². The second kappa shape index (κ2) is 5.09. The lowest BCUT2D eigenvalue weighted by Crippen LogP contribution is -2.17. The van der Waals surface area contributed by atoms with E-state index in [9.17, 15) is 0 Å². The fourth-order valence-electron chi connectivity index (χ4n) is 1.61. The first kappa shape index (κ1) is 11.8. The third kappa shape index (κ3) is 3.13. The number of nitrogens with one attached hydrogen (secondary N) is 1. The molecule has 0 unspecified atom stereocenters. The molecule has 92 valence electrons. The zero-order chi connectivity index (χ0) is 12.3. The summed E-state index contributed by atoms with van der Waals surface area (Å²) in [6.07, 6.45) is 4.77. The highest BCUT2D eigenvalue weighted by Crippen LogP contribution is 2.09. The van der Waals surface area contributed by atoms with Gasteiger partial charge in [-0.1, -0.05) is 0 Å². The Balaban J connectivity index is 1.94. The molecule has 0 spiro atoms. The molecule has 0 atom stereocenters. The van der Waals surface area contributed by atoms with E-state index >= 15 is 0 Å². The van der Waals surface area contributed by atoms with Crippen molar-refractivity contribution in [2.45, 2.75) is 6.42 Å². The molecule has 2 heterocycles. The normalized spacial score (nSPS) is 11.3. The van der Waals surface area contributed by atoms with E-state index in [1.807, 2.05) is 13.2 Å². The Morgan fingerprint density at radius 2 is 2.24 bits per heavy atom. The average Bonchev–Trinajstić information content (AvgIpc) is 2.63. The number of hydrogen-bond acceptors (Lipinski definition) is 5. The van der Waals surface area contributed by atoms with Crippen molar-refractivity contribution in [1.82, 2.24) is 24.6 Å². The molecule has 0 fully saturated rings. The SMILES string of the molecule is CN(C)CCCNc1ncc2cn(C)nc2n1. The van der Waals surface area contributed by atoms with E-state index in [1.54, 1.807) is 10.9 Å². The molecule has 0 radical (unpaired) electrons. The van der Waals surface area contributed by atoms with Gasteiger partial charge in [0.1, 0.15) is 0 Å². The summed E-state index contributed by atoms with van der Waals surface area (Å²) < 4.78 is 1.75. The van der Waals surface area contributed by atoms with Crippen LogP contribution in [0.3, 0.4) is 0 Å². The Morgan fingerprint density at radius 3 is 3.00 bits per heavy atom. The summed E-state index contributed by atoms with van der Waals surface area (Å²) >= 11 is 0. The molecule has 6 nitrogen and oxygen atoms in total. The summed E-state index contributed by atoms with van der Waals surface area (Å²) in [4.78, 5) is 10.7. The highest BCUT2D eigenvalue weighted by Gasteiger charge is 2.02. The highest BCUT2D eigenvalue weighted by molar-refractivity contribution is 5.73. The minimum Gasteiger partial charge on any atom is -0.354 e. The number of hydrogen-bond donors (Lipinski definition) is 1. The molecule has 2 aromatic heterocycles. The van der Waals surface area contributed by atoms with Crippen LogP contribution in [0, 0.1) is 0 Å². The number of nitrogens with zero attached hydrogens (tertiary/aromatic N) is 5. The largest absolute Gasteiger partial charge is 0.354 e. The molecule has 6 heteroatoms. The highest BCUT2D eigenvalue weighted by atomic mass is 15.3. The molecule has 0 aliphatic carbocycles. The number of fused-ring (bicyclic) bond motifs is 1. The van der Waals surface area contributed by atoms with Crippen molar-refractivity contribution in [3.63, 3.8) is 0 Å². The predicted molar refractivity (Wildman–Crippen MR) is 68.0 cm³/mol.